The molecule has 8 nitrogen and oxygen atoms in total. The van der Waals surface area contributed by atoms with Crippen LogP contribution in [0.5, 0.6) is 0 Å². The van der Waals surface area contributed by atoms with Crippen molar-refractivity contribution in [3.05, 3.63) is 71.2 Å². The molecule has 1 aliphatic carbocycles. The molecule has 0 aliphatic heterocycles. The van der Waals surface area contributed by atoms with Gasteiger partial charge in [0.15, 0.2) is 5.82 Å². The number of rotatable bonds is 4. The van der Waals surface area contributed by atoms with Gasteiger partial charge in [-0.05, 0) is 38.1 Å². The van der Waals surface area contributed by atoms with E-state index in [1.165, 1.54) is 12.1 Å². The third-order valence-electron chi connectivity index (χ3n) is 5.32. The summed E-state index contributed by atoms with van der Waals surface area (Å²) in [6, 6.07) is 11.9. The maximum absolute atomic E-state index is 13.4. The van der Waals surface area contributed by atoms with E-state index in [0.717, 1.165) is 11.3 Å². The third kappa shape index (κ3) is 3.76. The summed E-state index contributed by atoms with van der Waals surface area (Å²) in [5, 5.41) is 8.60. The molecule has 2 aromatic heterocycles. The minimum absolute atomic E-state index is 0.0864. The fraction of sp³-hybridized carbons (Fsp3) is 0.273. The van der Waals surface area contributed by atoms with Crippen molar-refractivity contribution in [1.29, 1.82) is 0 Å². The number of hydrogen-bond donors (Lipinski definition) is 1. The molecule has 0 spiro atoms. The molecule has 0 radical (unpaired) electrons. The number of aromatic nitrogens is 3. The number of nitrogens with zero attached hydrogens (tertiary/aromatic N) is 4. The Morgan fingerprint density at radius 2 is 1.81 bits per heavy atom. The van der Waals surface area contributed by atoms with Gasteiger partial charge in [0, 0.05) is 18.0 Å². The topological polar surface area (TPSA) is 106 Å². The van der Waals surface area contributed by atoms with Gasteiger partial charge in [0.05, 0.1) is 21.8 Å². The smallest absolute Gasteiger partial charge is 0.276 e. The van der Waals surface area contributed by atoms with Crippen LogP contribution >= 0.6 is 0 Å². The van der Waals surface area contributed by atoms with Crippen LogP contribution in [0, 0.1) is 19.3 Å². The molecule has 1 aromatic carbocycles. The zero-order valence-corrected chi connectivity index (χ0v) is 18.6. The highest BCUT2D eigenvalue weighted by atomic mass is 32.2. The van der Waals surface area contributed by atoms with Crippen LogP contribution in [0.4, 0.5) is 0 Å². The summed E-state index contributed by atoms with van der Waals surface area (Å²) in [5.74, 6) is 0.286. The fourth-order valence-electron chi connectivity index (χ4n) is 3.71. The van der Waals surface area contributed by atoms with Gasteiger partial charge in [-0.1, -0.05) is 37.6 Å². The molecule has 0 saturated carbocycles. The van der Waals surface area contributed by atoms with Crippen LogP contribution in [0.1, 0.15) is 41.2 Å². The maximum Gasteiger partial charge on any atom is 0.276 e. The molecule has 0 saturated heterocycles. The minimum Gasteiger partial charge on any atom is -0.287 e. The van der Waals surface area contributed by atoms with Crippen molar-refractivity contribution in [3.63, 3.8) is 0 Å². The molecule has 1 N–H and O–H groups in total. The number of nitrogens with one attached hydrogen (secondary N) is 1. The summed E-state index contributed by atoms with van der Waals surface area (Å²) in [4.78, 5) is 20.0. The van der Waals surface area contributed by atoms with E-state index in [2.05, 4.69) is 20.0 Å². The highest BCUT2D eigenvalue weighted by molar-refractivity contribution is 7.89. The van der Waals surface area contributed by atoms with Gasteiger partial charge in [-0.2, -0.15) is 23.4 Å². The molecular weight excluding hydrogens is 414 g/mol. The average molecular weight is 438 g/mol. The fourth-order valence-corrected chi connectivity index (χ4v) is 4.52. The molecule has 0 atom stereocenters. The molecule has 160 valence electrons. The summed E-state index contributed by atoms with van der Waals surface area (Å²) in [5.41, 5.74) is 2.12. The Morgan fingerprint density at radius 3 is 2.45 bits per heavy atom. The van der Waals surface area contributed by atoms with Gasteiger partial charge in [-0.3, -0.25) is 4.79 Å². The van der Waals surface area contributed by atoms with Crippen molar-refractivity contribution in [2.75, 3.05) is 0 Å². The molecule has 0 fully saturated rings. The van der Waals surface area contributed by atoms with Crippen LogP contribution in [0.15, 0.2) is 58.7 Å². The highest BCUT2D eigenvalue weighted by Crippen LogP contribution is 2.35. The van der Waals surface area contributed by atoms with Crippen molar-refractivity contribution in [1.82, 2.24) is 19.6 Å². The first kappa shape index (κ1) is 20.9. The van der Waals surface area contributed by atoms with Crippen molar-refractivity contribution < 1.29 is 13.2 Å². The Morgan fingerprint density at radius 1 is 1.10 bits per heavy atom. The predicted molar refractivity (Wildman–Crippen MR) is 117 cm³/mol. The SMILES string of the molecule is Cc1ccc(S(=O)(=O)N/N=C2/C(=O)c3c(C)nn(-c4ccccn4)c3CC2(C)C)cc1. The number of carbonyl (C=O) groups is 1. The van der Waals surface area contributed by atoms with Crippen molar-refractivity contribution in [2.45, 2.75) is 39.0 Å². The van der Waals surface area contributed by atoms with Crippen molar-refractivity contribution in [2.24, 2.45) is 10.5 Å². The van der Waals surface area contributed by atoms with Gasteiger partial charge in [0.1, 0.15) is 5.71 Å². The number of carbonyl (C=O) groups excluding carboxylic acids is 1. The maximum atomic E-state index is 13.4. The van der Waals surface area contributed by atoms with E-state index in [0.29, 0.717) is 23.5 Å². The lowest BCUT2D eigenvalue weighted by Gasteiger charge is -2.30. The molecule has 9 heteroatoms. The van der Waals surface area contributed by atoms with E-state index >= 15 is 0 Å². The first-order valence-electron chi connectivity index (χ1n) is 9.81. The summed E-state index contributed by atoms with van der Waals surface area (Å²) >= 11 is 0. The zero-order valence-electron chi connectivity index (χ0n) is 17.7. The van der Waals surface area contributed by atoms with E-state index in [4.69, 9.17) is 0 Å². The second-order valence-electron chi connectivity index (χ2n) is 8.26. The number of hydrazone groups is 1. The number of fused-ring (bicyclic) bond motifs is 1. The van der Waals surface area contributed by atoms with Crippen molar-refractivity contribution >= 4 is 21.5 Å². The van der Waals surface area contributed by atoms with Crippen LogP contribution in [-0.2, 0) is 16.4 Å². The molecule has 31 heavy (non-hydrogen) atoms. The van der Waals surface area contributed by atoms with Gasteiger partial charge in [0.25, 0.3) is 10.0 Å². The largest absolute Gasteiger partial charge is 0.287 e. The summed E-state index contributed by atoms with van der Waals surface area (Å²) in [7, 11) is -3.90. The molecule has 3 aromatic rings. The Balaban J connectivity index is 1.73. The lowest BCUT2D eigenvalue weighted by atomic mass is 9.74. The Hall–Kier alpha value is -3.33. The normalized spacial score (nSPS) is 16.9. The van der Waals surface area contributed by atoms with Gasteiger partial charge in [0.2, 0.25) is 5.78 Å². The van der Waals surface area contributed by atoms with Crippen LogP contribution in [0.3, 0.4) is 0 Å². The number of aryl methyl sites for hydroxylation is 2. The van der Waals surface area contributed by atoms with Gasteiger partial charge in [-0.25, -0.2) is 9.67 Å². The second kappa shape index (κ2) is 7.42. The molecular formula is C22H23N5O3S. The highest BCUT2D eigenvalue weighted by Gasteiger charge is 2.42. The lowest BCUT2D eigenvalue weighted by molar-refractivity contribution is 0.104. The summed E-state index contributed by atoms with van der Waals surface area (Å²) < 4.78 is 27.0. The van der Waals surface area contributed by atoms with E-state index in [1.54, 1.807) is 29.9 Å². The summed E-state index contributed by atoms with van der Waals surface area (Å²) in [6.45, 7) is 7.34. The predicted octanol–water partition coefficient (Wildman–Crippen LogP) is 2.98. The van der Waals surface area contributed by atoms with Crippen LogP contribution < -0.4 is 4.83 Å². The quantitative estimate of drug-likeness (QED) is 0.632. The number of ketones is 1. The molecule has 4 rings (SSSR count). The lowest BCUT2D eigenvalue weighted by Crippen LogP contribution is -2.41. The first-order valence-corrected chi connectivity index (χ1v) is 11.3. The van der Waals surface area contributed by atoms with E-state index in [1.807, 2.05) is 39.0 Å². The standard InChI is InChI=1S/C22H23N5O3S/c1-14-8-10-16(11-9-14)31(29,30)26-24-21-20(28)19-15(2)25-27(17(19)13-22(21,3)4)18-7-5-6-12-23-18/h5-12,26H,13H2,1-4H3/b24-21-. The third-order valence-corrected chi connectivity index (χ3v) is 6.55. The Labute approximate surface area is 181 Å². The zero-order chi connectivity index (χ0) is 22.4. The van der Waals surface area contributed by atoms with Crippen LogP contribution in [-0.4, -0.2) is 34.7 Å². The monoisotopic (exact) mass is 437 g/mol. The van der Waals surface area contributed by atoms with Gasteiger partial charge in [-0.15, -0.1) is 0 Å². The summed E-state index contributed by atoms with van der Waals surface area (Å²) in [6.07, 6.45) is 2.12. The number of Topliss-reactive ketones (excluding diaryl/α,β-unsaturated/α-hetero) is 1. The van der Waals surface area contributed by atoms with E-state index in [-0.39, 0.29) is 16.4 Å². The minimum atomic E-state index is -3.90. The number of hydrogen-bond acceptors (Lipinski definition) is 6. The van der Waals surface area contributed by atoms with E-state index in [9.17, 15) is 13.2 Å². The van der Waals surface area contributed by atoms with Crippen LogP contribution in [0.2, 0.25) is 0 Å². The van der Waals surface area contributed by atoms with Gasteiger partial charge < -0.3 is 0 Å². The number of sulfonamides is 1. The number of benzene rings is 1. The molecule has 2 heterocycles. The first-order chi connectivity index (χ1) is 14.6. The second-order valence-corrected chi connectivity index (χ2v) is 9.93. The van der Waals surface area contributed by atoms with E-state index < -0.39 is 15.4 Å². The molecule has 0 amide bonds. The average Bonchev–Trinajstić information content (AvgIpc) is 3.04. The Kier molecular flexibility index (Phi) is 5.01. The molecule has 0 unspecified atom stereocenters. The molecule has 0 bridgehead atoms. The van der Waals surface area contributed by atoms with Crippen molar-refractivity contribution in [3.8, 4) is 5.82 Å². The van der Waals surface area contributed by atoms with Crippen LogP contribution in [0.25, 0.3) is 5.82 Å². The molecule has 1 aliphatic rings. The Bertz CT molecular complexity index is 1290. The number of pyridine rings is 1. The van der Waals surface area contributed by atoms with Gasteiger partial charge >= 0.3 is 0 Å².